The maximum atomic E-state index is 13.6. The summed E-state index contributed by atoms with van der Waals surface area (Å²) in [6, 6.07) is 4.18. The Morgan fingerprint density at radius 3 is 2.96 bits per heavy atom. The molecule has 1 amide bonds. The number of carbonyl (C=O) groups is 1. The summed E-state index contributed by atoms with van der Waals surface area (Å²) in [4.78, 5) is 12.1. The van der Waals surface area contributed by atoms with Gasteiger partial charge in [-0.05, 0) is 29.4 Å². The van der Waals surface area contributed by atoms with E-state index >= 15 is 0 Å². The van der Waals surface area contributed by atoms with E-state index in [4.69, 9.17) is 17.3 Å². The molecule has 0 unspecified atom stereocenters. The zero-order chi connectivity index (χ0) is 18.0. The molecular weight excluding hydrogens is 355 g/mol. The van der Waals surface area contributed by atoms with Crippen molar-refractivity contribution in [1.82, 2.24) is 30.7 Å². The van der Waals surface area contributed by atoms with Gasteiger partial charge in [-0.2, -0.15) is 9.78 Å². The summed E-state index contributed by atoms with van der Waals surface area (Å²) in [6.07, 6.45) is 1.09. The lowest BCUT2D eigenvalue weighted by atomic mass is 10.2. The second-order valence-electron chi connectivity index (χ2n) is 4.74. The van der Waals surface area contributed by atoms with Crippen molar-refractivity contribution in [3.8, 4) is 5.82 Å². The fourth-order valence-corrected chi connectivity index (χ4v) is 2.13. The first-order valence-corrected chi connectivity index (χ1v) is 7.15. The molecule has 3 aromatic rings. The smallest absolute Gasteiger partial charge is 0.293 e. The Bertz CT molecular complexity index is 947. The van der Waals surface area contributed by atoms with Crippen LogP contribution in [0.2, 0.25) is 5.02 Å². The predicted octanol–water partition coefficient (Wildman–Crippen LogP) is 1.10. The van der Waals surface area contributed by atoms with Crippen molar-refractivity contribution in [2.24, 2.45) is 5.10 Å². The monoisotopic (exact) mass is 364 g/mol. The van der Waals surface area contributed by atoms with Gasteiger partial charge in [-0.1, -0.05) is 22.9 Å². The predicted molar refractivity (Wildman–Crippen MR) is 84.8 cm³/mol. The quantitative estimate of drug-likeness (QED) is 0.522. The Morgan fingerprint density at radius 2 is 2.28 bits per heavy atom. The number of aromatic nitrogens is 5. The van der Waals surface area contributed by atoms with Crippen LogP contribution < -0.4 is 11.2 Å². The Morgan fingerprint density at radius 1 is 1.48 bits per heavy atom. The summed E-state index contributed by atoms with van der Waals surface area (Å²) in [6.45, 7) is 1.57. The molecule has 0 aliphatic heterocycles. The number of nitrogens with two attached hydrogens (primary N) is 1. The second kappa shape index (κ2) is 6.65. The molecule has 12 heteroatoms. The van der Waals surface area contributed by atoms with Crippen molar-refractivity contribution in [2.75, 3.05) is 5.73 Å². The van der Waals surface area contributed by atoms with E-state index in [0.29, 0.717) is 5.69 Å². The molecule has 3 rings (SSSR count). The maximum absolute atomic E-state index is 13.6. The Labute approximate surface area is 144 Å². The number of amides is 1. The van der Waals surface area contributed by atoms with Crippen LogP contribution in [0.25, 0.3) is 5.82 Å². The number of hydrogen-bond donors (Lipinski definition) is 2. The molecule has 0 aliphatic rings. The number of halogens is 2. The molecule has 1 aromatic carbocycles. The lowest BCUT2D eigenvalue weighted by Crippen LogP contribution is -2.19. The fourth-order valence-electron chi connectivity index (χ4n) is 1.92. The van der Waals surface area contributed by atoms with E-state index in [1.54, 1.807) is 6.92 Å². The molecule has 0 saturated carbocycles. The molecular formula is C13H10ClFN8O2. The summed E-state index contributed by atoms with van der Waals surface area (Å²) in [7, 11) is 0. The number of rotatable bonds is 4. The molecule has 0 spiro atoms. The highest BCUT2D eigenvalue weighted by molar-refractivity contribution is 6.33. The molecule has 0 radical (unpaired) electrons. The SMILES string of the molecule is Cc1c(C(=O)N/N=C/c2c(F)cccc2Cl)nnn1-c1nonc1N. The molecule has 10 nitrogen and oxygen atoms in total. The molecule has 2 heterocycles. The van der Waals surface area contributed by atoms with Gasteiger partial charge in [0.25, 0.3) is 5.91 Å². The molecule has 128 valence electrons. The van der Waals surface area contributed by atoms with E-state index < -0.39 is 11.7 Å². The fraction of sp³-hybridized carbons (Fsp3) is 0.0769. The molecule has 0 aliphatic carbocycles. The number of nitrogens with zero attached hydrogens (tertiary/aromatic N) is 6. The topological polar surface area (TPSA) is 137 Å². The zero-order valence-electron chi connectivity index (χ0n) is 12.6. The molecule has 25 heavy (non-hydrogen) atoms. The number of carbonyl (C=O) groups excluding carboxylic acids is 1. The lowest BCUT2D eigenvalue weighted by molar-refractivity contribution is 0.0949. The van der Waals surface area contributed by atoms with Crippen LogP contribution in [0.1, 0.15) is 21.7 Å². The highest BCUT2D eigenvalue weighted by Crippen LogP contribution is 2.17. The lowest BCUT2D eigenvalue weighted by Gasteiger charge is -2.00. The van der Waals surface area contributed by atoms with Gasteiger partial charge in [-0.25, -0.2) is 14.4 Å². The minimum absolute atomic E-state index is 0.00725. The number of hydrogen-bond acceptors (Lipinski definition) is 8. The van der Waals surface area contributed by atoms with Gasteiger partial charge in [-0.3, -0.25) is 4.79 Å². The Hall–Kier alpha value is -3.34. The standard InChI is InChI=1S/C13H10ClFN8O2/c1-6-10(18-22-23(6)12-11(16)20-25-21-12)13(24)19-17-5-7-8(14)3-2-4-9(7)15/h2-5H,1H3,(H2,16,20)(H,19,24)/b17-5+. The van der Waals surface area contributed by atoms with Crippen molar-refractivity contribution < 1.29 is 13.8 Å². The molecule has 0 fully saturated rings. The molecule has 0 atom stereocenters. The van der Waals surface area contributed by atoms with Gasteiger partial charge in [0.15, 0.2) is 5.69 Å². The molecule has 3 N–H and O–H groups in total. The normalized spacial score (nSPS) is 11.2. The minimum Gasteiger partial charge on any atom is -0.378 e. The van der Waals surface area contributed by atoms with Gasteiger partial charge in [0.05, 0.1) is 16.9 Å². The number of nitrogen functional groups attached to an aromatic ring is 1. The molecule has 0 saturated heterocycles. The van der Waals surface area contributed by atoms with Crippen LogP contribution in [-0.2, 0) is 0 Å². The van der Waals surface area contributed by atoms with E-state index in [9.17, 15) is 9.18 Å². The third kappa shape index (κ3) is 3.17. The first kappa shape index (κ1) is 16.5. The van der Waals surface area contributed by atoms with Crippen molar-refractivity contribution >= 4 is 29.5 Å². The average Bonchev–Trinajstić information content (AvgIpc) is 3.15. The van der Waals surface area contributed by atoms with Crippen molar-refractivity contribution in [2.45, 2.75) is 6.92 Å². The highest BCUT2D eigenvalue weighted by Gasteiger charge is 2.20. The third-order valence-corrected chi connectivity index (χ3v) is 3.49. The van der Waals surface area contributed by atoms with Gasteiger partial charge in [0, 0.05) is 5.56 Å². The van der Waals surface area contributed by atoms with Gasteiger partial charge >= 0.3 is 0 Å². The van der Waals surface area contributed by atoms with Gasteiger partial charge in [0.2, 0.25) is 11.6 Å². The summed E-state index contributed by atoms with van der Waals surface area (Å²) in [5.74, 6) is -1.14. The largest absolute Gasteiger partial charge is 0.378 e. The van der Waals surface area contributed by atoms with E-state index in [1.807, 2.05) is 0 Å². The third-order valence-electron chi connectivity index (χ3n) is 3.17. The van der Waals surface area contributed by atoms with Crippen LogP contribution in [0.3, 0.4) is 0 Å². The Balaban J connectivity index is 1.78. The van der Waals surface area contributed by atoms with Crippen LogP contribution in [0.5, 0.6) is 0 Å². The Kier molecular flexibility index (Phi) is 4.39. The van der Waals surface area contributed by atoms with Crippen molar-refractivity contribution in [1.29, 1.82) is 0 Å². The van der Waals surface area contributed by atoms with E-state index in [0.717, 1.165) is 6.21 Å². The van der Waals surface area contributed by atoms with Crippen molar-refractivity contribution in [3.05, 3.63) is 46.0 Å². The second-order valence-corrected chi connectivity index (χ2v) is 5.15. The number of benzene rings is 1. The summed E-state index contributed by atoms with van der Waals surface area (Å²) in [5.41, 5.74) is 8.14. The van der Waals surface area contributed by atoms with Crippen LogP contribution in [0.15, 0.2) is 27.9 Å². The van der Waals surface area contributed by atoms with Gasteiger partial charge in [-0.15, -0.1) is 5.10 Å². The van der Waals surface area contributed by atoms with E-state index in [1.165, 1.54) is 22.9 Å². The first-order chi connectivity index (χ1) is 12.0. The van der Waals surface area contributed by atoms with Crippen LogP contribution in [-0.4, -0.2) is 37.4 Å². The number of hydrazone groups is 1. The highest BCUT2D eigenvalue weighted by atomic mass is 35.5. The van der Waals surface area contributed by atoms with E-state index in [-0.39, 0.29) is 27.9 Å². The van der Waals surface area contributed by atoms with Crippen LogP contribution in [0, 0.1) is 12.7 Å². The van der Waals surface area contributed by atoms with Crippen molar-refractivity contribution in [3.63, 3.8) is 0 Å². The van der Waals surface area contributed by atoms with Crippen LogP contribution >= 0.6 is 11.6 Å². The summed E-state index contributed by atoms with van der Waals surface area (Å²) in [5, 5.41) is 18.3. The summed E-state index contributed by atoms with van der Waals surface area (Å²) >= 11 is 5.86. The molecule has 2 aromatic heterocycles. The van der Waals surface area contributed by atoms with Gasteiger partial charge in [0.1, 0.15) is 5.82 Å². The van der Waals surface area contributed by atoms with E-state index in [2.05, 4.69) is 35.8 Å². The van der Waals surface area contributed by atoms with Crippen LogP contribution in [0.4, 0.5) is 10.2 Å². The number of anilines is 1. The zero-order valence-corrected chi connectivity index (χ0v) is 13.4. The maximum Gasteiger partial charge on any atom is 0.293 e. The molecule has 0 bridgehead atoms. The average molecular weight is 365 g/mol. The first-order valence-electron chi connectivity index (χ1n) is 6.77. The minimum atomic E-state index is -0.664. The van der Waals surface area contributed by atoms with Gasteiger partial charge < -0.3 is 5.73 Å². The number of nitrogens with one attached hydrogen (secondary N) is 1. The summed E-state index contributed by atoms with van der Waals surface area (Å²) < 4.78 is 19.3.